The fraction of sp³-hybridized carbons (Fsp3) is 0.895. The molecule has 3 fully saturated rings. The summed E-state index contributed by atoms with van der Waals surface area (Å²) < 4.78 is 0. The van der Waals surface area contributed by atoms with E-state index in [1.54, 1.807) is 5.57 Å². The van der Waals surface area contributed by atoms with Crippen molar-refractivity contribution in [3.05, 3.63) is 11.6 Å². The van der Waals surface area contributed by atoms with Gasteiger partial charge < -0.3 is 10.2 Å². The van der Waals surface area contributed by atoms with Gasteiger partial charge in [-0.25, -0.2) is 0 Å². The van der Waals surface area contributed by atoms with Gasteiger partial charge in [0.05, 0.1) is 12.2 Å². The predicted molar refractivity (Wildman–Crippen MR) is 83.7 cm³/mol. The zero-order valence-corrected chi connectivity index (χ0v) is 13.3. The Morgan fingerprint density at radius 2 is 2.00 bits per heavy atom. The molecule has 0 aromatic heterocycles. The summed E-state index contributed by atoms with van der Waals surface area (Å²) in [5, 5.41) is 21.5. The van der Waals surface area contributed by atoms with Crippen LogP contribution in [0.15, 0.2) is 11.6 Å². The van der Waals surface area contributed by atoms with E-state index in [2.05, 4.69) is 13.0 Å². The first-order valence-corrected chi connectivity index (χ1v) is 9.23. The van der Waals surface area contributed by atoms with Crippen molar-refractivity contribution in [2.75, 3.05) is 0 Å². The van der Waals surface area contributed by atoms with Crippen LogP contribution in [0.1, 0.15) is 64.7 Å². The number of allylic oxidation sites excluding steroid dienone is 1. The maximum Gasteiger partial charge on any atom is 0.0614 e. The van der Waals surface area contributed by atoms with Crippen LogP contribution in [0.3, 0.4) is 0 Å². The molecule has 4 aliphatic carbocycles. The Bertz CT molecular complexity index is 443. The van der Waals surface area contributed by atoms with Gasteiger partial charge in [0.2, 0.25) is 0 Å². The van der Waals surface area contributed by atoms with E-state index in [4.69, 9.17) is 0 Å². The average molecular weight is 290 g/mol. The lowest BCUT2D eigenvalue weighted by atomic mass is 9.51. The Hall–Kier alpha value is -0.340. The minimum absolute atomic E-state index is 0.0165. The van der Waals surface area contributed by atoms with Crippen molar-refractivity contribution < 1.29 is 10.2 Å². The Labute approximate surface area is 128 Å². The molecule has 0 heterocycles. The van der Waals surface area contributed by atoms with Gasteiger partial charge in [-0.15, -0.1) is 0 Å². The van der Waals surface area contributed by atoms with Crippen LogP contribution in [0.5, 0.6) is 0 Å². The molecule has 0 bridgehead atoms. The molecular formula is C19H30O2. The highest BCUT2D eigenvalue weighted by Crippen LogP contribution is 2.62. The quantitative estimate of drug-likeness (QED) is 0.723. The van der Waals surface area contributed by atoms with Crippen molar-refractivity contribution in [1.29, 1.82) is 0 Å². The number of hydrogen-bond acceptors (Lipinski definition) is 2. The first-order chi connectivity index (χ1) is 10.2. The third-order valence-corrected chi connectivity index (χ3v) is 7.63. The smallest absolute Gasteiger partial charge is 0.0614 e. The van der Waals surface area contributed by atoms with Gasteiger partial charge in [-0.3, -0.25) is 0 Å². The van der Waals surface area contributed by atoms with Crippen molar-refractivity contribution >= 4 is 0 Å². The summed E-state index contributed by atoms with van der Waals surface area (Å²) in [6.07, 6.45) is 12.6. The first-order valence-electron chi connectivity index (χ1n) is 9.23. The summed E-state index contributed by atoms with van der Waals surface area (Å²) in [5.74, 6) is 2.45. The van der Waals surface area contributed by atoms with Crippen LogP contribution in [0.4, 0.5) is 0 Å². The lowest BCUT2D eigenvalue weighted by molar-refractivity contribution is -0.110. The second-order valence-corrected chi connectivity index (χ2v) is 8.16. The third kappa shape index (κ3) is 1.91. The van der Waals surface area contributed by atoms with Crippen molar-refractivity contribution in [1.82, 2.24) is 0 Å². The maximum absolute atomic E-state index is 11.0. The Morgan fingerprint density at radius 1 is 1.14 bits per heavy atom. The minimum atomic E-state index is -0.217. The number of hydrogen-bond donors (Lipinski definition) is 2. The molecule has 21 heavy (non-hydrogen) atoms. The molecule has 7 atom stereocenters. The molecule has 0 radical (unpaired) electrons. The standard InChI is InChI=1S/C19H30O2/c1-2-19-11-16(20)18-13-6-4-3-5-12(13)7-8-14(18)15(19)9-10-17(19)21/h6,12,14-18,20-21H,2-5,7-11H2,1H3/t12?,14-,15-,16+,17-,18+,19-/m0/s1. The second kappa shape index (κ2) is 5.09. The summed E-state index contributed by atoms with van der Waals surface area (Å²) in [4.78, 5) is 0. The fourth-order valence-electron chi connectivity index (χ4n) is 6.71. The normalized spacial score (nSPS) is 52.6. The van der Waals surface area contributed by atoms with E-state index in [0.717, 1.165) is 25.2 Å². The SMILES string of the molecule is CC[C@]12C[C@@H](O)[C@@H]3C4=CCCCC4CC[C@H]3[C@@H]1CC[C@@H]2O. The molecule has 2 heteroatoms. The molecule has 0 amide bonds. The van der Waals surface area contributed by atoms with E-state index in [-0.39, 0.29) is 17.6 Å². The van der Waals surface area contributed by atoms with Gasteiger partial charge in [0.15, 0.2) is 0 Å². The zero-order chi connectivity index (χ0) is 14.6. The zero-order valence-electron chi connectivity index (χ0n) is 13.3. The van der Waals surface area contributed by atoms with Crippen molar-refractivity contribution in [2.24, 2.45) is 29.1 Å². The largest absolute Gasteiger partial charge is 0.393 e. The van der Waals surface area contributed by atoms with E-state index >= 15 is 0 Å². The van der Waals surface area contributed by atoms with Gasteiger partial charge in [-0.2, -0.15) is 0 Å². The maximum atomic E-state index is 11.0. The molecule has 0 aromatic carbocycles. The average Bonchev–Trinajstić information content (AvgIpc) is 2.84. The molecule has 0 aliphatic heterocycles. The van der Waals surface area contributed by atoms with Gasteiger partial charge in [-0.1, -0.05) is 18.6 Å². The lowest BCUT2D eigenvalue weighted by Crippen LogP contribution is -2.53. The van der Waals surface area contributed by atoms with Crippen LogP contribution in [0, 0.1) is 29.1 Å². The van der Waals surface area contributed by atoms with Gasteiger partial charge in [-0.05, 0) is 75.5 Å². The number of aliphatic hydroxyl groups is 2. The summed E-state index contributed by atoms with van der Waals surface area (Å²) in [6, 6.07) is 0. The molecule has 1 unspecified atom stereocenters. The number of rotatable bonds is 1. The van der Waals surface area contributed by atoms with Crippen molar-refractivity contribution in [2.45, 2.75) is 76.9 Å². The third-order valence-electron chi connectivity index (χ3n) is 7.63. The summed E-state index contributed by atoms with van der Waals surface area (Å²) in [5.41, 5.74) is 1.62. The first kappa shape index (κ1) is 14.3. The molecule has 0 aromatic rings. The van der Waals surface area contributed by atoms with Crippen molar-refractivity contribution in [3.8, 4) is 0 Å². The molecule has 0 spiro atoms. The van der Waals surface area contributed by atoms with Crippen LogP contribution in [-0.4, -0.2) is 22.4 Å². The van der Waals surface area contributed by atoms with Gasteiger partial charge in [0, 0.05) is 11.3 Å². The lowest BCUT2D eigenvalue weighted by Gasteiger charge is -2.55. The molecular weight excluding hydrogens is 260 g/mol. The molecule has 3 saturated carbocycles. The molecule has 2 nitrogen and oxygen atoms in total. The van der Waals surface area contributed by atoms with Gasteiger partial charge >= 0.3 is 0 Å². The van der Waals surface area contributed by atoms with Crippen LogP contribution >= 0.6 is 0 Å². The van der Waals surface area contributed by atoms with E-state index in [1.165, 1.54) is 38.5 Å². The van der Waals surface area contributed by atoms with Gasteiger partial charge in [0.25, 0.3) is 0 Å². The molecule has 0 saturated heterocycles. The van der Waals surface area contributed by atoms with Gasteiger partial charge in [0.1, 0.15) is 0 Å². The Morgan fingerprint density at radius 3 is 2.81 bits per heavy atom. The second-order valence-electron chi connectivity index (χ2n) is 8.16. The summed E-state index contributed by atoms with van der Waals surface area (Å²) in [6.45, 7) is 2.22. The van der Waals surface area contributed by atoms with Crippen molar-refractivity contribution in [3.63, 3.8) is 0 Å². The highest BCUT2D eigenvalue weighted by Gasteiger charge is 2.59. The minimum Gasteiger partial charge on any atom is -0.393 e. The topological polar surface area (TPSA) is 40.5 Å². The van der Waals surface area contributed by atoms with Crippen LogP contribution in [-0.2, 0) is 0 Å². The van der Waals surface area contributed by atoms with Crippen LogP contribution < -0.4 is 0 Å². The Balaban J connectivity index is 1.70. The summed E-state index contributed by atoms with van der Waals surface area (Å²) in [7, 11) is 0. The number of aliphatic hydroxyl groups excluding tert-OH is 2. The van der Waals surface area contributed by atoms with Crippen LogP contribution in [0.2, 0.25) is 0 Å². The highest BCUT2D eigenvalue weighted by atomic mass is 16.3. The van der Waals surface area contributed by atoms with E-state index in [1.807, 2.05) is 0 Å². The van der Waals surface area contributed by atoms with E-state index in [9.17, 15) is 10.2 Å². The van der Waals surface area contributed by atoms with E-state index < -0.39 is 0 Å². The monoisotopic (exact) mass is 290 g/mol. The van der Waals surface area contributed by atoms with E-state index in [0.29, 0.717) is 17.8 Å². The fourth-order valence-corrected chi connectivity index (χ4v) is 6.71. The summed E-state index contributed by atoms with van der Waals surface area (Å²) >= 11 is 0. The molecule has 4 rings (SSSR count). The Kier molecular flexibility index (Phi) is 3.46. The number of fused-ring (bicyclic) bond motifs is 5. The molecule has 118 valence electrons. The predicted octanol–water partition coefficient (Wildman–Crippen LogP) is 3.67. The van der Waals surface area contributed by atoms with Crippen LogP contribution in [0.25, 0.3) is 0 Å². The highest BCUT2D eigenvalue weighted by molar-refractivity contribution is 5.23. The molecule has 2 N–H and O–H groups in total. The molecule has 4 aliphatic rings.